The quantitative estimate of drug-likeness (QED) is 0.930. The van der Waals surface area contributed by atoms with Gasteiger partial charge >= 0.3 is 0 Å². The fraction of sp³-hybridized carbons (Fsp3) is 0.533. The van der Waals surface area contributed by atoms with Crippen LogP contribution in [0.3, 0.4) is 0 Å². The molecule has 23 heavy (non-hydrogen) atoms. The van der Waals surface area contributed by atoms with Crippen molar-refractivity contribution in [2.45, 2.75) is 38.3 Å². The van der Waals surface area contributed by atoms with Gasteiger partial charge in [-0.15, -0.1) is 5.10 Å². The number of aromatic nitrogens is 4. The van der Waals surface area contributed by atoms with Crippen LogP contribution in [-0.2, 0) is 5.60 Å². The van der Waals surface area contributed by atoms with Gasteiger partial charge < -0.3 is 10.0 Å². The first-order chi connectivity index (χ1) is 10.9. The van der Waals surface area contributed by atoms with Crippen molar-refractivity contribution in [1.29, 1.82) is 0 Å². The van der Waals surface area contributed by atoms with Crippen LogP contribution in [0.1, 0.15) is 38.4 Å². The molecule has 1 aliphatic rings. The Hall–Kier alpha value is -1.73. The second-order valence-electron chi connectivity index (χ2n) is 6.19. The largest absolute Gasteiger partial charge is 0.382 e. The van der Waals surface area contributed by atoms with E-state index < -0.39 is 11.4 Å². The number of β-amino-alcohol motifs (C(OH)–C–C–N with tert-alkyl or cyclic N) is 1. The molecule has 1 saturated heterocycles. The Morgan fingerprint density at radius 2 is 2.22 bits per heavy atom. The number of halogens is 2. The molecule has 1 N–H and O–H groups in total. The van der Waals surface area contributed by atoms with Crippen molar-refractivity contribution in [1.82, 2.24) is 20.0 Å². The number of rotatable bonds is 3. The standard InChI is InChI=1S/C15H19ClFN5O/c1-10(2)22-8-13(19-20-22)15(23)4-3-5-21(9-15)14-12(17)6-11(16)7-18-14/h6-8,10,23H,3-5,9H2,1-2H3/t15-/m0/s1. The summed E-state index contributed by atoms with van der Waals surface area (Å²) in [6, 6.07) is 1.39. The molecule has 1 aliphatic heterocycles. The summed E-state index contributed by atoms with van der Waals surface area (Å²) >= 11 is 5.75. The van der Waals surface area contributed by atoms with Crippen LogP contribution in [0.2, 0.25) is 5.02 Å². The van der Waals surface area contributed by atoms with Gasteiger partial charge in [0.15, 0.2) is 11.6 Å². The van der Waals surface area contributed by atoms with Crippen molar-refractivity contribution in [3.63, 3.8) is 0 Å². The number of anilines is 1. The zero-order valence-electron chi connectivity index (χ0n) is 13.1. The van der Waals surface area contributed by atoms with E-state index in [1.54, 1.807) is 15.8 Å². The second kappa shape index (κ2) is 6.05. The number of hydrogen-bond acceptors (Lipinski definition) is 5. The van der Waals surface area contributed by atoms with E-state index in [0.29, 0.717) is 25.1 Å². The monoisotopic (exact) mass is 339 g/mol. The van der Waals surface area contributed by atoms with Crippen molar-refractivity contribution in [2.24, 2.45) is 0 Å². The summed E-state index contributed by atoms with van der Waals surface area (Å²) in [6.07, 6.45) is 4.41. The average molecular weight is 340 g/mol. The van der Waals surface area contributed by atoms with Gasteiger partial charge in [-0.05, 0) is 32.8 Å². The molecule has 0 amide bonds. The lowest BCUT2D eigenvalue weighted by atomic mass is 9.90. The Labute approximate surface area is 138 Å². The molecule has 0 unspecified atom stereocenters. The first-order valence-electron chi connectivity index (χ1n) is 7.60. The van der Waals surface area contributed by atoms with Gasteiger partial charge in [-0.2, -0.15) is 0 Å². The molecule has 124 valence electrons. The van der Waals surface area contributed by atoms with Crippen LogP contribution in [0.4, 0.5) is 10.2 Å². The van der Waals surface area contributed by atoms with Gasteiger partial charge in [0.05, 0.1) is 17.8 Å². The van der Waals surface area contributed by atoms with Crippen LogP contribution in [0.5, 0.6) is 0 Å². The molecule has 3 heterocycles. The van der Waals surface area contributed by atoms with Crippen LogP contribution in [0.25, 0.3) is 0 Å². The normalized spacial score (nSPS) is 21.9. The van der Waals surface area contributed by atoms with Crippen molar-refractivity contribution >= 4 is 17.4 Å². The molecule has 6 nitrogen and oxygen atoms in total. The average Bonchev–Trinajstić information content (AvgIpc) is 2.98. The molecule has 2 aromatic rings. The van der Waals surface area contributed by atoms with Gasteiger partial charge in [-0.25, -0.2) is 14.1 Å². The molecule has 1 fully saturated rings. The van der Waals surface area contributed by atoms with Crippen molar-refractivity contribution in [3.8, 4) is 0 Å². The van der Waals surface area contributed by atoms with Gasteiger partial charge in [0, 0.05) is 18.8 Å². The van der Waals surface area contributed by atoms with Crippen LogP contribution in [0, 0.1) is 5.82 Å². The Kier molecular flexibility index (Phi) is 4.25. The summed E-state index contributed by atoms with van der Waals surface area (Å²) in [5.74, 6) is -0.295. The lowest BCUT2D eigenvalue weighted by Crippen LogP contribution is -2.47. The van der Waals surface area contributed by atoms with E-state index in [1.807, 2.05) is 13.8 Å². The number of pyridine rings is 1. The molecule has 3 rings (SSSR count). The molecule has 0 aliphatic carbocycles. The molecular weight excluding hydrogens is 321 g/mol. The number of nitrogens with zero attached hydrogens (tertiary/aromatic N) is 5. The summed E-state index contributed by atoms with van der Waals surface area (Å²) in [5.41, 5.74) is -0.663. The molecule has 0 bridgehead atoms. The van der Waals surface area contributed by atoms with E-state index in [2.05, 4.69) is 15.3 Å². The van der Waals surface area contributed by atoms with E-state index in [1.165, 1.54) is 12.3 Å². The molecule has 0 spiro atoms. The molecule has 1 atom stereocenters. The third kappa shape index (κ3) is 3.16. The zero-order chi connectivity index (χ0) is 16.6. The lowest BCUT2D eigenvalue weighted by molar-refractivity contribution is 0.0172. The van der Waals surface area contributed by atoms with Crippen molar-refractivity contribution in [2.75, 3.05) is 18.0 Å². The summed E-state index contributed by atoms with van der Waals surface area (Å²) in [7, 11) is 0. The van der Waals surface area contributed by atoms with Crippen molar-refractivity contribution < 1.29 is 9.50 Å². The highest BCUT2D eigenvalue weighted by atomic mass is 35.5. The first-order valence-corrected chi connectivity index (χ1v) is 7.97. The molecule has 0 saturated carbocycles. The summed E-state index contributed by atoms with van der Waals surface area (Å²) < 4.78 is 15.8. The van der Waals surface area contributed by atoms with E-state index in [0.717, 1.165) is 0 Å². The minimum atomic E-state index is -1.17. The summed E-state index contributed by atoms with van der Waals surface area (Å²) in [4.78, 5) is 5.79. The van der Waals surface area contributed by atoms with Crippen molar-refractivity contribution in [3.05, 3.63) is 35.0 Å². The van der Waals surface area contributed by atoms with Gasteiger partial charge in [-0.3, -0.25) is 0 Å². The number of hydrogen-bond donors (Lipinski definition) is 1. The third-order valence-corrected chi connectivity index (χ3v) is 4.28. The fourth-order valence-corrected chi connectivity index (χ4v) is 2.95. The maximum absolute atomic E-state index is 14.1. The highest BCUT2D eigenvalue weighted by Gasteiger charge is 2.38. The maximum Gasteiger partial charge on any atom is 0.167 e. The van der Waals surface area contributed by atoms with Gasteiger partial charge in [0.2, 0.25) is 0 Å². The maximum atomic E-state index is 14.1. The molecular formula is C15H19ClFN5O. The smallest absolute Gasteiger partial charge is 0.167 e. The molecule has 0 aromatic carbocycles. The Balaban J connectivity index is 1.86. The van der Waals surface area contributed by atoms with E-state index in [-0.39, 0.29) is 23.4 Å². The summed E-state index contributed by atoms with van der Waals surface area (Å²) in [6.45, 7) is 4.81. The van der Waals surface area contributed by atoms with Crippen LogP contribution in [-0.4, -0.2) is 38.2 Å². The van der Waals surface area contributed by atoms with Gasteiger partial charge in [0.25, 0.3) is 0 Å². The lowest BCUT2D eigenvalue weighted by Gasteiger charge is -2.38. The zero-order valence-corrected chi connectivity index (χ0v) is 13.8. The number of aliphatic hydroxyl groups is 1. The van der Waals surface area contributed by atoms with Gasteiger partial charge in [-0.1, -0.05) is 16.8 Å². The van der Waals surface area contributed by atoms with Crippen LogP contribution in [0.15, 0.2) is 18.5 Å². The minimum Gasteiger partial charge on any atom is -0.382 e. The van der Waals surface area contributed by atoms with E-state index in [4.69, 9.17) is 11.6 Å². The van der Waals surface area contributed by atoms with Crippen LogP contribution < -0.4 is 4.90 Å². The Morgan fingerprint density at radius 1 is 1.43 bits per heavy atom. The van der Waals surface area contributed by atoms with E-state index >= 15 is 0 Å². The van der Waals surface area contributed by atoms with E-state index in [9.17, 15) is 9.50 Å². The van der Waals surface area contributed by atoms with Gasteiger partial charge in [0.1, 0.15) is 11.3 Å². The van der Waals surface area contributed by atoms with Crippen LogP contribution >= 0.6 is 11.6 Å². The SMILES string of the molecule is CC(C)n1cc([C@]2(O)CCCN(c3ncc(Cl)cc3F)C2)nn1. The summed E-state index contributed by atoms with van der Waals surface area (Å²) in [5, 5.41) is 19.4. The Morgan fingerprint density at radius 3 is 2.87 bits per heavy atom. The molecule has 8 heteroatoms. The third-order valence-electron chi connectivity index (χ3n) is 4.07. The minimum absolute atomic E-state index is 0.162. The topological polar surface area (TPSA) is 67.1 Å². The fourth-order valence-electron chi connectivity index (χ4n) is 2.81. The second-order valence-corrected chi connectivity index (χ2v) is 6.63. The Bertz CT molecular complexity index is 707. The number of piperidine rings is 1. The predicted molar refractivity (Wildman–Crippen MR) is 85.0 cm³/mol. The predicted octanol–water partition coefficient (Wildman–Crippen LogP) is 2.53. The highest BCUT2D eigenvalue weighted by molar-refractivity contribution is 6.30. The highest BCUT2D eigenvalue weighted by Crippen LogP contribution is 2.33. The molecule has 2 aromatic heterocycles. The molecule has 0 radical (unpaired) electrons. The first kappa shape index (κ1) is 16.1.